The Labute approximate surface area is 62.4 Å². The van der Waals surface area contributed by atoms with E-state index in [0.717, 1.165) is 0 Å². The first kappa shape index (κ1) is 8.16. The zero-order chi connectivity index (χ0) is 6.73. The standard InChI is InChI=1S/C4H9IN2O/c1-3(6)7(2)4(5)8/h3H,6H2,1-2H3. The number of amides is 1. The summed E-state index contributed by atoms with van der Waals surface area (Å²) in [4.78, 5) is 11.9. The van der Waals surface area contributed by atoms with Gasteiger partial charge in [0.2, 0.25) is 0 Å². The number of rotatable bonds is 1. The summed E-state index contributed by atoms with van der Waals surface area (Å²) in [5, 5.41) is 0. The smallest absolute Gasteiger partial charge is 0.284 e. The number of nitrogens with two attached hydrogens (primary N) is 1. The summed E-state index contributed by atoms with van der Waals surface area (Å²) >= 11 is 1.69. The van der Waals surface area contributed by atoms with Gasteiger partial charge < -0.3 is 10.6 Å². The van der Waals surface area contributed by atoms with Crippen LogP contribution in [0.5, 0.6) is 0 Å². The van der Waals surface area contributed by atoms with Crippen LogP contribution in [0.4, 0.5) is 4.79 Å². The molecule has 0 bridgehead atoms. The summed E-state index contributed by atoms with van der Waals surface area (Å²) in [6.07, 6.45) is -0.181. The largest absolute Gasteiger partial charge is 0.322 e. The summed E-state index contributed by atoms with van der Waals surface area (Å²) < 4.78 is -0.0300. The molecule has 8 heavy (non-hydrogen) atoms. The van der Waals surface area contributed by atoms with Gasteiger partial charge in [0.05, 0.1) is 6.17 Å². The first-order valence-electron chi connectivity index (χ1n) is 2.23. The van der Waals surface area contributed by atoms with Crippen LogP contribution in [0.2, 0.25) is 0 Å². The molecule has 0 rings (SSSR count). The molecule has 1 amide bonds. The van der Waals surface area contributed by atoms with Crippen molar-refractivity contribution in [3.8, 4) is 0 Å². The molecule has 2 N–H and O–H groups in total. The fourth-order valence-electron chi connectivity index (χ4n) is 0.160. The number of carbonyl (C=O) groups is 1. The highest BCUT2D eigenvalue weighted by molar-refractivity contribution is 14.1. The third-order valence-electron chi connectivity index (χ3n) is 0.888. The Morgan fingerprint density at radius 3 is 2.25 bits per heavy atom. The molecule has 0 aromatic rings. The maximum Gasteiger partial charge on any atom is 0.284 e. The Balaban J connectivity index is 3.64. The predicted octanol–water partition coefficient (Wildman–Crippen LogP) is 0.778. The number of carbonyl (C=O) groups excluding carboxylic acids is 1. The lowest BCUT2D eigenvalue weighted by atomic mass is 10.5. The fourth-order valence-corrected chi connectivity index (χ4v) is 0.599. The van der Waals surface area contributed by atoms with Gasteiger partial charge in [-0.2, -0.15) is 0 Å². The molecule has 0 aromatic heterocycles. The van der Waals surface area contributed by atoms with Crippen molar-refractivity contribution in [1.82, 2.24) is 4.90 Å². The molecule has 0 aliphatic heterocycles. The minimum Gasteiger partial charge on any atom is -0.322 e. The second kappa shape index (κ2) is 3.24. The summed E-state index contributed by atoms with van der Waals surface area (Å²) in [5.41, 5.74) is 5.34. The van der Waals surface area contributed by atoms with Gasteiger partial charge in [-0.25, -0.2) is 0 Å². The molecule has 0 heterocycles. The molecule has 48 valence electrons. The van der Waals surface area contributed by atoms with Gasteiger partial charge in [0, 0.05) is 29.6 Å². The molecule has 0 saturated heterocycles. The average Bonchev–Trinajstić information content (AvgIpc) is 1.64. The van der Waals surface area contributed by atoms with Crippen LogP contribution in [0.25, 0.3) is 0 Å². The van der Waals surface area contributed by atoms with E-state index in [-0.39, 0.29) is 10.1 Å². The van der Waals surface area contributed by atoms with Crippen LogP contribution in [-0.2, 0) is 0 Å². The van der Waals surface area contributed by atoms with Crippen molar-refractivity contribution in [3.05, 3.63) is 0 Å². The van der Waals surface area contributed by atoms with Crippen LogP contribution in [0, 0.1) is 0 Å². The second-order valence-electron chi connectivity index (χ2n) is 1.60. The van der Waals surface area contributed by atoms with E-state index < -0.39 is 0 Å². The molecule has 4 heteroatoms. The normalized spacial score (nSPS) is 13.0. The molecule has 3 nitrogen and oxygen atoms in total. The van der Waals surface area contributed by atoms with Crippen LogP contribution in [0.15, 0.2) is 0 Å². The van der Waals surface area contributed by atoms with Gasteiger partial charge in [-0.1, -0.05) is 0 Å². The summed E-state index contributed by atoms with van der Waals surface area (Å²) in [6, 6.07) is 0. The van der Waals surface area contributed by atoms with Gasteiger partial charge >= 0.3 is 0 Å². The number of hydrogen-bond donors (Lipinski definition) is 1. The van der Waals surface area contributed by atoms with E-state index in [1.807, 2.05) is 0 Å². The van der Waals surface area contributed by atoms with Crippen molar-refractivity contribution in [2.75, 3.05) is 7.05 Å². The van der Waals surface area contributed by atoms with Crippen molar-refractivity contribution in [1.29, 1.82) is 0 Å². The van der Waals surface area contributed by atoms with E-state index in [1.54, 1.807) is 36.6 Å². The Morgan fingerprint density at radius 1 is 1.88 bits per heavy atom. The minimum absolute atomic E-state index is 0.0300. The van der Waals surface area contributed by atoms with Crippen LogP contribution in [0.3, 0.4) is 0 Å². The van der Waals surface area contributed by atoms with E-state index in [1.165, 1.54) is 4.90 Å². The molecule has 0 spiro atoms. The van der Waals surface area contributed by atoms with Gasteiger partial charge in [0.25, 0.3) is 3.91 Å². The van der Waals surface area contributed by atoms with Gasteiger partial charge in [0.1, 0.15) is 0 Å². The summed E-state index contributed by atoms with van der Waals surface area (Å²) in [7, 11) is 1.67. The quantitative estimate of drug-likeness (QED) is 0.312. The van der Waals surface area contributed by atoms with Crippen molar-refractivity contribution < 1.29 is 4.79 Å². The van der Waals surface area contributed by atoms with E-state index >= 15 is 0 Å². The van der Waals surface area contributed by atoms with Crippen molar-refractivity contribution in [2.45, 2.75) is 13.1 Å². The molecular weight excluding hydrogens is 219 g/mol. The highest BCUT2D eigenvalue weighted by Gasteiger charge is 2.05. The highest BCUT2D eigenvalue weighted by atomic mass is 127. The molecule has 0 saturated carbocycles. The first-order valence-corrected chi connectivity index (χ1v) is 3.31. The Morgan fingerprint density at radius 2 is 2.25 bits per heavy atom. The Kier molecular flexibility index (Phi) is 3.30. The fraction of sp³-hybridized carbons (Fsp3) is 0.750. The van der Waals surface area contributed by atoms with Crippen LogP contribution < -0.4 is 5.73 Å². The van der Waals surface area contributed by atoms with Gasteiger partial charge in [-0.3, -0.25) is 4.79 Å². The molecule has 1 atom stereocenters. The molecule has 0 aliphatic rings. The summed E-state index contributed by atoms with van der Waals surface area (Å²) in [6.45, 7) is 1.76. The van der Waals surface area contributed by atoms with E-state index in [2.05, 4.69) is 0 Å². The van der Waals surface area contributed by atoms with E-state index in [0.29, 0.717) is 0 Å². The van der Waals surface area contributed by atoms with Crippen LogP contribution in [-0.4, -0.2) is 22.0 Å². The molecule has 0 fully saturated rings. The lowest BCUT2D eigenvalue weighted by molar-refractivity contribution is 0.223. The van der Waals surface area contributed by atoms with Gasteiger partial charge in [-0.15, -0.1) is 0 Å². The lowest BCUT2D eigenvalue weighted by Crippen LogP contribution is -2.37. The first-order chi connectivity index (χ1) is 3.55. The number of halogens is 1. The van der Waals surface area contributed by atoms with Crippen LogP contribution >= 0.6 is 22.6 Å². The number of nitrogens with zero attached hydrogens (tertiary/aromatic N) is 1. The molecule has 0 aliphatic carbocycles. The predicted molar refractivity (Wildman–Crippen MR) is 40.8 cm³/mol. The lowest BCUT2D eigenvalue weighted by Gasteiger charge is -2.17. The van der Waals surface area contributed by atoms with Crippen molar-refractivity contribution in [2.24, 2.45) is 5.73 Å². The SMILES string of the molecule is CC(N)N(C)C(=O)I. The van der Waals surface area contributed by atoms with E-state index in [4.69, 9.17) is 5.73 Å². The molecule has 0 aromatic carbocycles. The van der Waals surface area contributed by atoms with Crippen molar-refractivity contribution >= 4 is 26.5 Å². The maximum absolute atomic E-state index is 10.4. The zero-order valence-electron chi connectivity index (χ0n) is 4.89. The molecule has 0 radical (unpaired) electrons. The second-order valence-corrected chi connectivity index (χ2v) is 2.53. The molecule has 1 unspecified atom stereocenters. The van der Waals surface area contributed by atoms with Gasteiger partial charge in [0.15, 0.2) is 0 Å². The maximum atomic E-state index is 10.4. The summed E-state index contributed by atoms with van der Waals surface area (Å²) in [5.74, 6) is 0. The topological polar surface area (TPSA) is 46.3 Å². The van der Waals surface area contributed by atoms with Crippen molar-refractivity contribution in [3.63, 3.8) is 0 Å². The highest BCUT2D eigenvalue weighted by Crippen LogP contribution is 1.96. The Bertz CT molecular complexity index is 94.0. The number of hydrogen-bond acceptors (Lipinski definition) is 2. The third-order valence-corrected chi connectivity index (χ3v) is 1.65. The minimum atomic E-state index is -0.181. The third kappa shape index (κ3) is 2.46. The average molecular weight is 228 g/mol. The monoisotopic (exact) mass is 228 g/mol. The zero-order valence-corrected chi connectivity index (χ0v) is 7.05. The molecular formula is C4H9IN2O. The van der Waals surface area contributed by atoms with Gasteiger partial charge in [-0.05, 0) is 6.92 Å². The Hall–Kier alpha value is 0.160. The van der Waals surface area contributed by atoms with Crippen LogP contribution in [0.1, 0.15) is 6.92 Å². The van der Waals surface area contributed by atoms with E-state index in [9.17, 15) is 4.79 Å².